The van der Waals surface area contributed by atoms with Gasteiger partial charge in [-0.1, -0.05) is 79.8 Å². The summed E-state index contributed by atoms with van der Waals surface area (Å²) < 4.78 is 31.4. The fourth-order valence-corrected chi connectivity index (χ4v) is 5.84. The highest BCUT2D eigenvalue weighted by Gasteiger charge is 2.31. The van der Waals surface area contributed by atoms with Crippen LogP contribution in [0, 0.1) is 0 Å². The number of nitrogens with one attached hydrogen (secondary N) is 3. The van der Waals surface area contributed by atoms with E-state index in [1.807, 2.05) is 6.08 Å². The molecule has 0 aromatic carbocycles. The molecule has 3 unspecified atom stereocenters. The number of aromatic nitrogens is 4. The molecule has 0 saturated carbocycles. The van der Waals surface area contributed by atoms with Crippen LogP contribution in [0.5, 0.6) is 0 Å². The molecule has 3 heterocycles. The first-order valence-corrected chi connectivity index (χ1v) is 18.3. The zero-order chi connectivity index (χ0) is 34.3. The Hall–Kier alpha value is -3.67. The molecule has 0 radical (unpaired) electrons. The van der Waals surface area contributed by atoms with Gasteiger partial charge in [0.2, 0.25) is 5.91 Å². The Kier molecular flexibility index (Phi) is 18.4. The van der Waals surface area contributed by atoms with Gasteiger partial charge < -0.3 is 19.6 Å². The Morgan fingerprint density at radius 3 is 2.21 bits per heavy atom. The van der Waals surface area contributed by atoms with Crippen molar-refractivity contribution in [3.63, 3.8) is 0 Å². The first-order chi connectivity index (χ1) is 23.5. The second kappa shape index (κ2) is 22.8. The van der Waals surface area contributed by atoms with Gasteiger partial charge in [0.15, 0.2) is 11.2 Å². The van der Waals surface area contributed by atoms with Crippen LogP contribution >= 0.6 is 7.75 Å². The summed E-state index contributed by atoms with van der Waals surface area (Å²) in [5, 5.41) is 5.58. The SMILES string of the molecule is CCC=CCC=CCC=CCC=CCC=CCC=CCCC(=O)NCCNP(=O)(OC)OCC1CCC(n2cnc3c(=O)[nH]cnc32)O1. The topological polar surface area (TPSA) is 149 Å². The molecule has 3 atom stereocenters. The maximum Gasteiger partial charge on any atom is 0.405 e. The zero-order valence-electron chi connectivity index (χ0n) is 28.2. The third-order valence-corrected chi connectivity index (χ3v) is 8.90. The van der Waals surface area contributed by atoms with Gasteiger partial charge in [-0.15, -0.1) is 0 Å². The van der Waals surface area contributed by atoms with Crippen LogP contribution in [0.3, 0.4) is 0 Å². The van der Waals surface area contributed by atoms with Crippen molar-refractivity contribution in [3.8, 4) is 0 Å². The van der Waals surface area contributed by atoms with Crippen LogP contribution in [-0.2, 0) is 23.1 Å². The molecule has 1 saturated heterocycles. The van der Waals surface area contributed by atoms with Gasteiger partial charge in [0.25, 0.3) is 5.56 Å². The second-order valence-electron chi connectivity index (χ2n) is 11.0. The number of ether oxygens (including phenoxy) is 1. The number of amides is 1. The number of rotatable bonds is 23. The van der Waals surface area contributed by atoms with E-state index in [0.29, 0.717) is 31.3 Å². The second-order valence-corrected chi connectivity index (χ2v) is 13.0. The summed E-state index contributed by atoms with van der Waals surface area (Å²) in [7, 11) is -2.28. The maximum atomic E-state index is 13.0. The monoisotopic (exact) mass is 682 g/mol. The summed E-state index contributed by atoms with van der Waals surface area (Å²) in [6.45, 7) is 2.69. The summed E-state index contributed by atoms with van der Waals surface area (Å²) in [6.07, 6.45) is 36.1. The number of carbonyl (C=O) groups is 1. The molecule has 2 aromatic rings. The van der Waals surface area contributed by atoms with Crippen LogP contribution in [0.25, 0.3) is 11.2 Å². The van der Waals surface area contributed by atoms with E-state index in [2.05, 4.69) is 99.1 Å². The molecule has 2 aromatic heterocycles. The molecule has 1 aliphatic heterocycles. The van der Waals surface area contributed by atoms with Crippen LogP contribution in [0.2, 0.25) is 0 Å². The van der Waals surface area contributed by atoms with E-state index in [4.69, 9.17) is 13.8 Å². The summed E-state index contributed by atoms with van der Waals surface area (Å²) in [6, 6.07) is 0. The molecule has 12 nitrogen and oxygen atoms in total. The molecule has 1 fully saturated rings. The molecule has 48 heavy (non-hydrogen) atoms. The predicted molar refractivity (Wildman–Crippen MR) is 190 cm³/mol. The van der Waals surface area contributed by atoms with Gasteiger partial charge >= 0.3 is 7.75 Å². The van der Waals surface area contributed by atoms with E-state index in [1.165, 1.54) is 19.8 Å². The van der Waals surface area contributed by atoms with Crippen molar-refractivity contribution in [2.24, 2.45) is 0 Å². The van der Waals surface area contributed by atoms with Gasteiger partial charge in [-0.05, 0) is 57.8 Å². The third kappa shape index (κ3) is 14.6. The van der Waals surface area contributed by atoms with E-state index >= 15 is 0 Å². The summed E-state index contributed by atoms with van der Waals surface area (Å²) in [4.78, 5) is 34.9. The number of allylic oxidation sites excluding steroid dienone is 12. The Morgan fingerprint density at radius 1 is 0.958 bits per heavy atom. The lowest BCUT2D eigenvalue weighted by atomic mass is 10.2. The first kappa shape index (κ1) is 38.8. The molecule has 1 amide bonds. The van der Waals surface area contributed by atoms with Gasteiger partial charge in [-0.25, -0.2) is 19.6 Å². The largest absolute Gasteiger partial charge is 0.405 e. The number of hydrogen-bond acceptors (Lipinski definition) is 8. The van der Waals surface area contributed by atoms with E-state index in [-0.39, 0.29) is 49.0 Å². The van der Waals surface area contributed by atoms with Crippen molar-refractivity contribution >= 4 is 24.8 Å². The first-order valence-electron chi connectivity index (χ1n) is 16.7. The minimum atomic E-state index is -3.58. The Morgan fingerprint density at radius 2 is 1.58 bits per heavy atom. The molecule has 3 N–H and O–H groups in total. The maximum absolute atomic E-state index is 13.0. The fourth-order valence-electron chi connectivity index (χ4n) is 4.77. The van der Waals surface area contributed by atoms with Crippen LogP contribution < -0.4 is 16.0 Å². The summed E-state index contributed by atoms with van der Waals surface area (Å²) in [5.41, 5.74) is 0.369. The highest BCUT2D eigenvalue weighted by molar-refractivity contribution is 7.51. The van der Waals surface area contributed by atoms with Gasteiger partial charge in [0, 0.05) is 26.6 Å². The quantitative estimate of drug-likeness (QED) is 0.0657. The van der Waals surface area contributed by atoms with Crippen LogP contribution in [0.1, 0.15) is 77.4 Å². The molecule has 3 rings (SSSR count). The van der Waals surface area contributed by atoms with E-state index in [0.717, 1.165) is 38.5 Å². The van der Waals surface area contributed by atoms with Crippen molar-refractivity contribution in [1.29, 1.82) is 0 Å². The molecule has 0 bridgehead atoms. The van der Waals surface area contributed by atoms with Gasteiger partial charge in [-0.3, -0.25) is 18.7 Å². The van der Waals surface area contributed by atoms with Gasteiger partial charge in [0.05, 0.1) is 25.4 Å². The Bertz CT molecular complexity index is 1520. The molecule has 262 valence electrons. The molecule has 0 aliphatic carbocycles. The minimum absolute atomic E-state index is 0.0492. The number of nitrogens with zero attached hydrogens (tertiary/aromatic N) is 3. The van der Waals surface area contributed by atoms with E-state index < -0.39 is 7.75 Å². The lowest BCUT2D eigenvalue weighted by Gasteiger charge is -2.20. The van der Waals surface area contributed by atoms with Crippen molar-refractivity contribution in [2.45, 2.75) is 83.5 Å². The van der Waals surface area contributed by atoms with Gasteiger partial charge in [0.1, 0.15) is 6.23 Å². The van der Waals surface area contributed by atoms with Crippen molar-refractivity contribution in [3.05, 3.63) is 95.9 Å². The van der Waals surface area contributed by atoms with Crippen molar-refractivity contribution in [2.75, 3.05) is 26.8 Å². The molecular weight excluding hydrogens is 631 g/mol. The number of H-pyrrole nitrogens is 1. The highest BCUT2D eigenvalue weighted by Crippen LogP contribution is 2.43. The minimum Gasteiger partial charge on any atom is -0.355 e. The number of hydrogen-bond donors (Lipinski definition) is 3. The summed E-state index contributed by atoms with van der Waals surface area (Å²) in [5.74, 6) is -0.0848. The molecule has 0 spiro atoms. The Labute approximate surface area is 283 Å². The molecule has 13 heteroatoms. The molecule has 1 aliphatic rings. The van der Waals surface area contributed by atoms with Crippen LogP contribution in [0.15, 0.2) is 90.4 Å². The number of aromatic amines is 1. The zero-order valence-corrected chi connectivity index (χ0v) is 29.1. The van der Waals surface area contributed by atoms with Crippen LogP contribution in [-0.4, -0.2) is 58.3 Å². The fraction of sp³-hybridized carbons (Fsp3) is 0.486. The number of fused-ring (bicyclic) bond motifs is 1. The third-order valence-electron chi connectivity index (χ3n) is 7.32. The van der Waals surface area contributed by atoms with Crippen molar-refractivity contribution < 1.29 is 23.1 Å². The van der Waals surface area contributed by atoms with Gasteiger partial charge in [-0.2, -0.15) is 0 Å². The number of imidazole rings is 1. The van der Waals surface area contributed by atoms with Crippen molar-refractivity contribution in [1.82, 2.24) is 29.9 Å². The molecular formula is C35H51N6O6P. The highest BCUT2D eigenvalue weighted by atomic mass is 31.2. The lowest BCUT2D eigenvalue weighted by Crippen LogP contribution is -2.31. The standard InChI is InChI=1S/C35H51N6O6P/c1-3-4-5-6-7-8-9-10-11-12-13-14-15-16-17-18-19-20-21-22-31(42)36-25-26-40-48(44,45-2)46-27-30-23-24-32(47-30)41-29-39-33-34(41)37-28-38-35(33)43/h4-5,7-8,10-11,13-14,16-17,19-20,28-30,32H,3,6,9,12,15,18,21-27H2,1-2H3,(H,36,42)(H,40,44)(H,37,38,43). The summed E-state index contributed by atoms with van der Waals surface area (Å²) >= 11 is 0. The van der Waals surface area contributed by atoms with Crippen LogP contribution in [0.4, 0.5) is 0 Å². The Balaban J connectivity index is 1.19. The normalized spacial score (nSPS) is 18.6. The lowest BCUT2D eigenvalue weighted by molar-refractivity contribution is -0.120. The average molecular weight is 683 g/mol. The predicted octanol–water partition coefficient (Wildman–Crippen LogP) is 6.75. The number of carbonyl (C=O) groups excluding carboxylic acids is 1. The van der Waals surface area contributed by atoms with E-state index in [1.54, 1.807) is 4.57 Å². The average Bonchev–Trinajstić information content (AvgIpc) is 3.75. The van der Waals surface area contributed by atoms with E-state index in [9.17, 15) is 14.2 Å². The smallest absolute Gasteiger partial charge is 0.355 e.